The van der Waals surface area contributed by atoms with Gasteiger partial charge in [-0.05, 0) is 42.3 Å². The van der Waals surface area contributed by atoms with Crippen molar-refractivity contribution in [3.05, 3.63) is 59.4 Å². The van der Waals surface area contributed by atoms with Gasteiger partial charge in [0.15, 0.2) is 0 Å². The van der Waals surface area contributed by atoms with Crippen LogP contribution in [-0.4, -0.2) is 14.1 Å². The smallest absolute Gasteiger partial charge is 0.126 e. The number of nitrogens with one attached hydrogen (secondary N) is 1. The molecule has 2 rings (SSSR count). The number of rotatable bonds is 4. The minimum absolute atomic E-state index is 0.154. The average molecular weight is 258 g/mol. The molecule has 0 bridgehead atoms. The summed E-state index contributed by atoms with van der Waals surface area (Å²) in [4.78, 5) is 2.06. The quantitative estimate of drug-likeness (QED) is 0.897. The highest BCUT2D eigenvalue weighted by Gasteiger charge is 2.00. The average Bonchev–Trinajstić information content (AvgIpc) is 2.40. The first-order chi connectivity index (χ1) is 9.06. The van der Waals surface area contributed by atoms with Gasteiger partial charge in [0.2, 0.25) is 0 Å². The first-order valence-electron chi connectivity index (χ1n) is 6.32. The van der Waals surface area contributed by atoms with Gasteiger partial charge in [-0.25, -0.2) is 4.39 Å². The first-order valence-corrected chi connectivity index (χ1v) is 6.32. The molecular weight excluding hydrogens is 239 g/mol. The lowest BCUT2D eigenvalue weighted by atomic mass is 10.1. The zero-order valence-corrected chi connectivity index (χ0v) is 11.6. The van der Waals surface area contributed by atoms with Crippen molar-refractivity contribution in [1.82, 2.24) is 0 Å². The summed E-state index contributed by atoms with van der Waals surface area (Å²) in [7, 11) is 4.03. The molecular formula is C16H19FN2. The van der Waals surface area contributed by atoms with Crippen LogP contribution in [0.15, 0.2) is 42.5 Å². The van der Waals surface area contributed by atoms with E-state index in [1.165, 1.54) is 6.07 Å². The minimum Gasteiger partial charge on any atom is -0.381 e. The summed E-state index contributed by atoms with van der Waals surface area (Å²) >= 11 is 0. The molecule has 100 valence electrons. The van der Waals surface area contributed by atoms with Crippen molar-refractivity contribution < 1.29 is 4.39 Å². The van der Waals surface area contributed by atoms with Gasteiger partial charge >= 0.3 is 0 Å². The van der Waals surface area contributed by atoms with Crippen LogP contribution < -0.4 is 10.2 Å². The number of halogens is 1. The zero-order chi connectivity index (χ0) is 13.8. The third-order valence-electron chi connectivity index (χ3n) is 3.08. The van der Waals surface area contributed by atoms with Gasteiger partial charge in [-0.3, -0.25) is 0 Å². The van der Waals surface area contributed by atoms with Crippen LogP contribution in [0.5, 0.6) is 0 Å². The number of anilines is 2. The van der Waals surface area contributed by atoms with Crippen molar-refractivity contribution in [2.45, 2.75) is 13.5 Å². The lowest BCUT2D eigenvalue weighted by molar-refractivity contribution is 0.617. The van der Waals surface area contributed by atoms with Gasteiger partial charge in [-0.1, -0.05) is 18.2 Å². The Morgan fingerprint density at radius 3 is 2.58 bits per heavy atom. The van der Waals surface area contributed by atoms with Crippen LogP contribution in [0.2, 0.25) is 0 Å². The molecule has 0 aromatic heterocycles. The van der Waals surface area contributed by atoms with E-state index in [0.29, 0.717) is 12.1 Å². The van der Waals surface area contributed by atoms with E-state index in [1.807, 2.05) is 38.4 Å². The fourth-order valence-corrected chi connectivity index (χ4v) is 1.91. The number of nitrogens with zero attached hydrogens (tertiary/aromatic N) is 1. The number of hydrogen-bond donors (Lipinski definition) is 1. The Morgan fingerprint density at radius 2 is 1.89 bits per heavy atom. The second-order valence-corrected chi connectivity index (χ2v) is 4.88. The van der Waals surface area contributed by atoms with Gasteiger partial charge in [0.05, 0.1) is 0 Å². The Bertz CT molecular complexity index is 564. The fourth-order valence-electron chi connectivity index (χ4n) is 1.91. The van der Waals surface area contributed by atoms with Crippen LogP contribution in [0.25, 0.3) is 0 Å². The molecule has 0 aliphatic rings. The predicted molar refractivity (Wildman–Crippen MR) is 79.2 cm³/mol. The van der Waals surface area contributed by atoms with E-state index in [0.717, 1.165) is 16.9 Å². The van der Waals surface area contributed by atoms with Crippen LogP contribution in [0.1, 0.15) is 11.1 Å². The lowest BCUT2D eigenvalue weighted by Gasteiger charge is -2.14. The number of aryl methyl sites for hydroxylation is 1. The molecule has 19 heavy (non-hydrogen) atoms. The zero-order valence-electron chi connectivity index (χ0n) is 11.6. The Morgan fingerprint density at radius 1 is 1.11 bits per heavy atom. The van der Waals surface area contributed by atoms with E-state index in [2.05, 4.69) is 22.3 Å². The molecule has 0 saturated heterocycles. The largest absolute Gasteiger partial charge is 0.381 e. The van der Waals surface area contributed by atoms with Gasteiger partial charge in [-0.15, -0.1) is 0 Å². The molecule has 2 aromatic carbocycles. The molecule has 0 aliphatic carbocycles. The van der Waals surface area contributed by atoms with E-state index >= 15 is 0 Å². The Hall–Kier alpha value is -2.03. The molecule has 0 heterocycles. The molecule has 1 N–H and O–H groups in total. The maximum Gasteiger partial charge on any atom is 0.126 e. The topological polar surface area (TPSA) is 15.3 Å². The standard InChI is InChI=1S/C16H19FN2/c1-12-9-13(7-8-16(12)17)11-18-14-5-4-6-15(10-14)19(2)3/h4-10,18H,11H2,1-3H3. The van der Waals surface area contributed by atoms with Crippen LogP contribution in [0.3, 0.4) is 0 Å². The molecule has 0 atom stereocenters. The fraction of sp³-hybridized carbons (Fsp3) is 0.250. The van der Waals surface area contributed by atoms with Gasteiger partial charge < -0.3 is 10.2 Å². The third kappa shape index (κ3) is 3.47. The summed E-state index contributed by atoms with van der Waals surface area (Å²) in [6.07, 6.45) is 0. The third-order valence-corrected chi connectivity index (χ3v) is 3.08. The molecule has 0 radical (unpaired) electrons. The van der Waals surface area contributed by atoms with Crippen LogP contribution >= 0.6 is 0 Å². The summed E-state index contributed by atoms with van der Waals surface area (Å²) in [5.41, 5.74) is 3.98. The monoisotopic (exact) mass is 258 g/mol. The second kappa shape index (κ2) is 5.74. The normalized spacial score (nSPS) is 10.3. The molecule has 0 amide bonds. The molecule has 0 saturated carbocycles. The van der Waals surface area contributed by atoms with E-state index in [4.69, 9.17) is 0 Å². The minimum atomic E-state index is -0.154. The van der Waals surface area contributed by atoms with Crippen LogP contribution in [-0.2, 0) is 6.54 Å². The van der Waals surface area contributed by atoms with E-state index in [9.17, 15) is 4.39 Å². The Kier molecular flexibility index (Phi) is 4.05. The van der Waals surface area contributed by atoms with Gasteiger partial charge in [-0.2, -0.15) is 0 Å². The van der Waals surface area contributed by atoms with Gasteiger partial charge in [0.1, 0.15) is 5.82 Å². The van der Waals surface area contributed by atoms with Gasteiger partial charge in [0, 0.05) is 32.0 Å². The Balaban J connectivity index is 2.05. The first kappa shape index (κ1) is 13.4. The molecule has 3 heteroatoms. The highest BCUT2D eigenvalue weighted by atomic mass is 19.1. The molecule has 2 nitrogen and oxygen atoms in total. The number of hydrogen-bond acceptors (Lipinski definition) is 2. The van der Waals surface area contributed by atoms with Crippen molar-refractivity contribution in [2.75, 3.05) is 24.3 Å². The second-order valence-electron chi connectivity index (χ2n) is 4.88. The molecule has 0 spiro atoms. The van der Waals surface area contributed by atoms with Crippen LogP contribution in [0.4, 0.5) is 15.8 Å². The number of benzene rings is 2. The van der Waals surface area contributed by atoms with Crippen molar-refractivity contribution in [1.29, 1.82) is 0 Å². The van der Waals surface area contributed by atoms with Crippen molar-refractivity contribution in [3.8, 4) is 0 Å². The maximum absolute atomic E-state index is 13.2. The summed E-state index contributed by atoms with van der Waals surface area (Å²) in [5, 5.41) is 3.35. The molecule has 0 fully saturated rings. The van der Waals surface area contributed by atoms with E-state index in [1.54, 1.807) is 6.92 Å². The van der Waals surface area contributed by atoms with Crippen molar-refractivity contribution in [3.63, 3.8) is 0 Å². The predicted octanol–water partition coefficient (Wildman–Crippen LogP) is 3.81. The van der Waals surface area contributed by atoms with Gasteiger partial charge in [0.25, 0.3) is 0 Å². The Labute approximate surface area is 113 Å². The van der Waals surface area contributed by atoms with E-state index in [-0.39, 0.29) is 5.82 Å². The molecule has 2 aromatic rings. The van der Waals surface area contributed by atoms with E-state index < -0.39 is 0 Å². The maximum atomic E-state index is 13.2. The summed E-state index contributed by atoms with van der Waals surface area (Å²) in [6, 6.07) is 13.4. The summed E-state index contributed by atoms with van der Waals surface area (Å²) in [6.45, 7) is 2.48. The van der Waals surface area contributed by atoms with Crippen molar-refractivity contribution in [2.24, 2.45) is 0 Å². The summed E-state index contributed by atoms with van der Waals surface area (Å²) < 4.78 is 13.2. The highest BCUT2D eigenvalue weighted by Crippen LogP contribution is 2.18. The van der Waals surface area contributed by atoms with Crippen LogP contribution in [0, 0.1) is 12.7 Å². The SMILES string of the molecule is Cc1cc(CNc2cccc(N(C)C)c2)ccc1F. The molecule has 0 aliphatic heterocycles. The summed E-state index contributed by atoms with van der Waals surface area (Å²) in [5.74, 6) is -0.154. The highest BCUT2D eigenvalue weighted by molar-refractivity contribution is 5.57. The lowest BCUT2D eigenvalue weighted by Crippen LogP contribution is -2.09. The molecule has 0 unspecified atom stereocenters. The van der Waals surface area contributed by atoms with Crippen molar-refractivity contribution >= 4 is 11.4 Å².